The summed E-state index contributed by atoms with van der Waals surface area (Å²) in [4.78, 5) is 34.8. The molecule has 5 N–H and O–H groups in total. The van der Waals surface area contributed by atoms with Crippen molar-refractivity contribution in [3.05, 3.63) is 58.1 Å². The molecule has 0 radical (unpaired) electrons. The number of esters is 1. The average Bonchev–Trinajstić information content (AvgIpc) is 2.59. The Morgan fingerprint density at radius 2 is 1.63 bits per heavy atom. The maximum atomic E-state index is 12.2. The first-order valence-corrected chi connectivity index (χ1v) is 8.63. The minimum atomic E-state index is -0.866. The van der Waals surface area contributed by atoms with Crippen LogP contribution in [0.3, 0.4) is 0 Å². The molecule has 0 bridgehead atoms. The first-order chi connectivity index (χ1) is 12.7. The van der Waals surface area contributed by atoms with Crippen LogP contribution in [0.15, 0.2) is 42.5 Å². The van der Waals surface area contributed by atoms with Crippen LogP contribution in [0.5, 0.6) is 5.75 Å². The van der Waals surface area contributed by atoms with Crippen LogP contribution in [0.1, 0.15) is 23.2 Å². The Bertz CT molecular complexity index is 836. The molecule has 0 saturated heterocycles. The molecule has 7 nitrogen and oxygen atoms in total. The van der Waals surface area contributed by atoms with Gasteiger partial charge in [0.2, 0.25) is 11.8 Å². The molecule has 2 amide bonds. The van der Waals surface area contributed by atoms with E-state index in [0.29, 0.717) is 15.7 Å². The monoisotopic (exact) mass is 409 g/mol. The summed E-state index contributed by atoms with van der Waals surface area (Å²) in [7, 11) is 0. The Labute approximate surface area is 165 Å². The number of anilines is 1. The third-order valence-electron chi connectivity index (χ3n) is 3.47. The van der Waals surface area contributed by atoms with Crippen molar-refractivity contribution in [1.29, 1.82) is 0 Å². The molecule has 2 aromatic rings. The molecule has 0 unspecified atom stereocenters. The Kier molecular flexibility index (Phi) is 7.18. The molecule has 0 heterocycles. The number of rotatable bonds is 7. The van der Waals surface area contributed by atoms with Crippen molar-refractivity contribution < 1.29 is 19.1 Å². The highest BCUT2D eigenvalue weighted by Gasteiger charge is 2.15. The highest BCUT2D eigenvalue weighted by Crippen LogP contribution is 2.25. The van der Waals surface area contributed by atoms with E-state index in [4.69, 9.17) is 39.4 Å². The van der Waals surface area contributed by atoms with Gasteiger partial charge in [0, 0.05) is 22.2 Å². The van der Waals surface area contributed by atoms with E-state index in [9.17, 15) is 14.4 Å². The van der Waals surface area contributed by atoms with Crippen LogP contribution in [0, 0.1) is 0 Å². The number of nitrogens with two attached hydrogens (primary N) is 2. The van der Waals surface area contributed by atoms with E-state index in [1.54, 1.807) is 0 Å². The summed E-state index contributed by atoms with van der Waals surface area (Å²) in [6, 6.07) is 9.61. The van der Waals surface area contributed by atoms with Crippen molar-refractivity contribution in [3.8, 4) is 5.75 Å². The van der Waals surface area contributed by atoms with E-state index in [2.05, 4.69) is 5.32 Å². The number of carbonyl (C=O) groups excluding carboxylic acids is 3. The second-order valence-corrected chi connectivity index (χ2v) is 6.55. The standard InChI is InChI=1S/C18H17Cl2N3O4/c19-11-7-12(20)9-14(8-11)27-18(26)10-1-3-13(4-2-10)23-17(25)15(21)5-6-16(22)24/h1-4,7-9,15H,5-6,21H2,(H2,22,24)(H,23,25)/t15-/m0/s1. The van der Waals surface area contributed by atoms with Gasteiger partial charge in [0.25, 0.3) is 0 Å². The molecule has 2 rings (SSSR count). The van der Waals surface area contributed by atoms with Gasteiger partial charge in [-0.3, -0.25) is 9.59 Å². The first-order valence-electron chi connectivity index (χ1n) is 7.87. The molecule has 1 atom stereocenters. The zero-order chi connectivity index (χ0) is 20.0. The van der Waals surface area contributed by atoms with E-state index in [0.717, 1.165) is 0 Å². The maximum absolute atomic E-state index is 12.2. The number of nitrogens with one attached hydrogen (secondary N) is 1. The predicted octanol–water partition coefficient (Wildman–Crippen LogP) is 2.74. The predicted molar refractivity (Wildman–Crippen MR) is 103 cm³/mol. The smallest absolute Gasteiger partial charge is 0.343 e. The fourth-order valence-corrected chi connectivity index (χ4v) is 2.61. The van der Waals surface area contributed by atoms with Crippen LogP contribution >= 0.6 is 23.2 Å². The SMILES string of the molecule is NC(=O)CC[C@H](N)C(=O)Nc1ccc(C(=O)Oc2cc(Cl)cc(Cl)c2)cc1. The van der Waals surface area contributed by atoms with E-state index >= 15 is 0 Å². The van der Waals surface area contributed by atoms with Gasteiger partial charge in [-0.1, -0.05) is 23.2 Å². The summed E-state index contributed by atoms with van der Waals surface area (Å²) in [6.07, 6.45) is 0.167. The van der Waals surface area contributed by atoms with Crippen LogP contribution in [0.4, 0.5) is 5.69 Å². The van der Waals surface area contributed by atoms with Crippen LogP contribution in [-0.4, -0.2) is 23.8 Å². The maximum Gasteiger partial charge on any atom is 0.343 e. The highest BCUT2D eigenvalue weighted by atomic mass is 35.5. The second-order valence-electron chi connectivity index (χ2n) is 5.67. The van der Waals surface area contributed by atoms with E-state index in [1.807, 2.05) is 0 Å². The molecule has 142 valence electrons. The quantitative estimate of drug-likeness (QED) is 0.478. The number of primary amides is 1. The minimum absolute atomic E-state index is 0.0207. The Hall–Kier alpha value is -2.61. The van der Waals surface area contributed by atoms with Gasteiger partial charge in [0.15, 0.2) is 0 Å². The molecule has 0 fully saturated rings. The van der Waals surface area contributed by atoms with Crippen molar-refractivity contribution in [2.24, 2.45) is 11.5 Å². The number of hydrogen-bond donors (Lipinski definition) is 3. The van der Waals surface area contributed by atoms with Gasteiger partial charge in [-0.2, -0.15) is 0 Å². The Morgan fingerprint density at radius 1 is 1.04 bits per heavy atom. The molecular weight excluding hydrogens is 393 g/mol. The van der Waals surface area contributed by atoms with Gasteiger partial charge in [0.05, 0.1) is 11.6 Å². The van der Waals surface area contributed by atoms with Crippen LogP contribution in [-0.2, 0) is 9.59 Å². The van der Waals surface area contributed by atoms with Crippen LogP contribution < -0.4 is 21.5 Å². The van der Waals surface area contributed by atoms with Gasteiger partial charge in [-0.05, 0) is 48.9 Å². The molecular formula is C18H17Cl2N3O4. The summed E-state index contributed by atoms with van der Waals surface area (Å²) in [6.45, 7) is 0. The lowest BCUT2D eigenvalue weighted by Crippen LogP contribution is -2.36. The fraction of sp³-hybridized carbons (Fsp3) is 0.167. The van der Waals surface area contributed by atoms with Crippen LogP contribution in [0.25, 0.3) is 0 Å². The normalized spacial score (nSPS) is 11.5. The van der Waals surface area contributed by atoms with Crippen molar-refractivity contribution in [2.75, 3.05) is 5.32 Å². The summed E-state index contributed by atoms with van der Waals surface area (Å²) in [5.41, 5.74) is 11.4. The lowest BCUT2D eigenvalue weighted by atomic mass is 10.1. The highest BCUT2D eigenvalue weighted by molar-refractivity contribution is 6.34. The van der Waals surface area contributed by atoms with Gasteiger partial charge in [-0.15, -0.1) is 0 Å². The lowest BCUT2D eigenvalue weighted by molar-refractivity contribution is -0.119. The number of amides is 2. The van der Waals surface area contributed by atoms with E-state index in [-0.39, 0.29) is 24.2 Å². The van der Waals surface area contributed by atoms with Gasteiger partial charge >= 0.3 is 5.97 Å². The van der Waals surface area contributed by atoms with Crippen molar-refractivity contribution in [2.45, 2.75) is 18.9 Å². The van der Waals surface area contributed by atoms with Gasteiger partial charge < -0.3 is 21.5 Å². The zero-order valence-corrected chi connectivity index (χ0v) is 15.6. The largest absolute Gasteiger partial charge is 0.423 e. The average molecular weight is 410 g/mol. The van der Waals surface area contributed by atoms with Crippen LogP contribution in [0.2, 0.25) is 10.0 Å². The molecule has 0 spiro atoms. The molecule has 0 aliphatic heterocycles. The molecule has 0 aliphatic rings. The molecule has 27 heavy (non-hydrogen) atoms. The Morgan fingerprint density at radius 3 is 2.19 bits per heavy atom. The van der Waals surface area contributed by atoms with E-state index in [1.165, 1.54) is 42.5 Å². The third-order valence-corrected chi connectivity index (χ3v) is 3.91. The van der Waals surface area contributed by atoms with Gasteiger partial charge in [-0.25, -0.2) is 4.79 Å². The summed E-state index contributed by atoms with van der Waals surface area (Å²) in [5, 5.41) is 3.28. The molecule has 0 saturated carbocycles. The number of hydrogen-bond acceptors (Lipinski definition) is 5. The summed E-state index contributed by atoms with van der Waals surface area (Å²) < 4.78 is 5.22. The molecule has 2 aromatic carbocycles. The molecule has 0 aliphatic carbocycles. The molecule has 0 aromatic heterocycles. The van der Waals surface area contributed by atoms with Crippen molar-refractivity contribution in [1.82, 2.24) is 0 Å². The fourth-order valence-electron chi connectivity index (χ4n) is 2.11. The number of carbonyl (C=O) groups is 3. The van der Waals surface area contributed by atoms with Crippen molar-refractivity contribution >= 4 is 46.7 Å². The van der Waals surface area contributed by atoms with Gasteiger partial charge in [0.1, 0.15) is 5.75 Å². The summed E-state index contributed by atoms with van der Waals surface area (Å²) in [5.74, 6) is -1.37. The third kappa shape index (κ3) is 6.56. The lowest BCUT2D eigenvalue weighted by Gasteiger charge is -2.12. The number of ether oxygens (including phenoxy) is 1. The topological polar surface area (TPSA) is 125 Å². The second kappa shape index (κ2) is 9.36. The van der Waals surface area contributed by atoms with Crippen molar-refractivity contribution in [3.63, 3.8) is 0 Å². The first kappa shape index (κ1) is 20.7. The summed E-state index contributed by atoms with van der Waals surface area (Å²) >= 11 is 11.7. The Balaban J connectivity index is 1.96. The number of benzene rings is 2. The van der Waals surface area contributed by atoms with E-state index < -0.39 is 23.8 Å². The minimum Gasteiger partial charge on any atom is -0.423 e. The molecule has 9 heteroatoms. The zero-order valence-electron chi connectivity index (χ0n) is 14.1. The number of halogens is 2.